The maximum Gasteiger partial charge on any atom is 0.242 e. The molecule has 0 radical (unpaired) electrons. The van der Waals surface area contributed by atoms with Crippen LogP contribution in [0.15, 0.2) is 42.5 Å². The third kappa shape index (κ3) is 5.01. The Morgan fingerprint density at radius 3 is 2.66 bits per heavy atom. The molecule has 3 rings (SSSR count). The van der Waals surface area contributed by atoms with E-state index in [-0.39, 0.29) is 11.8 Å². The first kappa shape index (κ1) is 21.0. The number of amides is 2. The zero-order valence-electron chi connectivity index (χ0n) is 16.6. The monoisotopic (exact) mass is 416 g/mol. The van der Waals surface area contributed by atoms with Crippen LogP contribution in [0.25, 0.3) is 0 Å². The van der Waals surface area contributed by atoms with Gasteiger partial charge in [0.1, 0.15) is 6.04 Å². The summed E-state index contributed by atoms with van der Waals surface area (Å²) < 4.78 is 10.5. The maximum atomic E-state index is 12.7. The number of carbonyl (C=O) groups excluding carboxylic acids is 2. The Labute approximate surface area is 175 Å². The second kappa shape index (κ2) is 9.65. The lowest BCUT2D eigenvalue weighted by atomic mass is 10.1. The quantitative estimate of drug-likeness (QED) is 0.717. The Bertz CT molecular complexity index is 887. The van der Waals surface area contributed by atoms with Gasteiger partial charge in [-0.1, -0.05) is 35.9 Å². The van der Waals surface area contributed by atoms with Gasteiger partial charge >= 0.3 is 0 Å². The number of hydrogen-bond acceptors (Lipinski definition) is 4. The molecule has 0 bridgehead atoms. The van der Waals surface area contributed by atoms with Gasteiger partial charge in [-0.3, -0.25) is 9.59 Å². The molecule has 1 N–H and O–H groups in total. The van der Waals surface area contributed by atoms with Crippen LogP contribution in [0.3, 0.4) is 0 Å². The third-order valence-electron chi connectivity index (χ3n) is 5.09. The van der Waals surface area contributed by atoms with Gasteiger partial charge in [-0.25, -0.2) is 0 Å². The molecule has 7 heteroatoms. The van der Waals surface area contributed by atoms with Crippen molar-refractivity contribution in [1.29, 1.82) is 0 Å². The fourth-order valence-electron chi connectivity index (χ4n) is 3.50. The standard InChI is InChI=1S/C22H25ClN2O4/c1-28-19-9-7-15(13-20(19)29-2)11-12-24-22(27)18-8-10-21(26)25(18)14-16-5-3-4-6-17(16)23/h3-7,9,13,18H,8,10-12,14H2,1-2H3,(H,24,27)/t18-/m0/s1. The van der Waals surface area contributed by atoms with E-state index in [2.05, 4.69) is 5.32 Å². The number of hydrogen-bond donors (Lipinski definition) is 1. The van der Waals surface area contributed by atoms with E-state index >= 15 is 0 Å². The molecule has 0 aromatic heterocycles. The molecule has 0 aliphatic carbocycles. The SMILES string of the molecule is COc1ccc(CCNC(=O)[C@@H]2CCC(=O)N2Cc2ccccc2Cl)cc1OC. The molecule has 1 aliphatic heterocycles. The van der Waals surface area contributed by atoms with Gasteiger partial charge in [0.2, 0.25) is 11.8 Å². The first-order valence-corrected chi connectivity index (χ1v) is 9.92. The van der Waals surface area contributed by atoms with Crippen LogP contribution in [0, 0.1) is 0 Å². The summed E-state index contributed by atoms with van der Waals surface area (Å²) in [6, 6.07) is 12.6. The van der Waals surface area contributed by atoms with E-state index in [1.807, 2.05) is 36.4 Å². The Kier molecular flexibility index (Phi) is 6.99. The molecular weight excluding hydrogens is 392 g/mol. The second-order valence-corrected chi connectivity index (χ2v) is 7.31. The van der Waals surface area contributed by atoms with Crippen LogP contribution < -0.4 is 14.8 Å². The van der Waals surface area contributed by atoms with Crippen molar-refractivity contribution in [2.75, 3.05) is 20.8 Å². The minimum atomic E-state index is -0.468. The van der Waals surface area contributed by atoms with Gasteiger partial charge in [0, 0.05) is 24.5 Å². The largest absolute Gasteiger partial charge is 0.493 e. The van der Waals surface area contributed by atoms with Crippen LogP contribution in [0.1, 0.15) is 24.0 Å². The molecule has 2 amide bonds. The van der Waals surface area contributed by atoms with Crippen molar-refractivity contribution in [3.8, 4) is 11.5 Å². The fraction of sp³-hybridized carbons (Fsp3) is 0.364. The summed E-state index contributed by atoms with van der Waals surface area (Å²) in [4.78, 5) is 26.6. The summed E-state index contributed by atoms with van der Waals surface area (Å²) in [5, 5.41) is 3.55. The molecule has 1 aliphatic rings. The van der Waals surface area contributed by atoms with Gasteiger partial charge in [-0.05, 0) is 42.2 Å². The average molecular weight is 417 g/mol. The van der Waals surface area contributed by atoms with Crippen molar-refractivity contribution in [1.82, 2.24) is 10.2 Å². The van der Waals surface area contributed by atoms with Gasteiger partial charge in [0.25, 0.3) is 0 Å². The third-order valence-corrected chi connectivity index (χ3v) is 5.46. The first-order valence-electron chi connectivity index (χ1n) is 9.55. The molecule has 1 fully saturated rings. The van der Waals surface area contributed by atoms with Gasteiger partial charge in [0.05, 0.1) is 14.2 Å². The fourth-order valence-corrected chi connectivity index (χ4v) is 3.69. The number of rotatable bonds is 8. The number of benzene rings is 2. The van der Waals surface area contributed by atoms with Crippen molar-refractivity contribution in [2.45, 2.75) is 31.8 Å². The van der Waals surface area contributed by atoms with Crippen LogP contribution >= 0.6 is 11.6 Å². The highest BCUT2D eigenvalue weighted by Gasteiger charge is 2.36. The van der Waals surface area contributed by atoms with Gasteiger partial charge < -0.3 is 19.7 Å². The molecule has 154 valence electrons. The minimum Gasteiger partial charge on any atom is -0.493 e. The van der Waals surface area contributed by atoms with Crippen molar-refractivity contribution >= 4 is 23.4 Å². The number of nitrogens with one attached hydrogen (secondary N) is 1. The first-order chi connectivity index (χ1) is 14.0. The normalized spacial score (nSPS) is 16.0. The molecule has 0 spiro atoms. The van der Waals surface area contributed by atoms with E-state index in [9.17, 15) is 9.59 Å². The Balaban J connectivity index is 1.58. The summed E-state index contributed by atoms with van der Waals surface area (Å²) in [6.07, 6.45) is 1.54. The lowest BCUT2D eigenvalue weighted by Crippen LogP contribution is -2.44. The van der Waals surface area contributed by atoms with E-state index in [4.69, 9.17) is 21.1 Å². The summed E-state index contributed by atoms with van der Waals surface area (Å²) >= 11 is 6.22. The number of nitrogens with zero attached hydrogens (tertiary/aromatic N) is 1. The highest BCUT2D eigenvalue weighted by molar-refractivity contribution is 6.31. The van der Waals surface area contributed by atoms with Gasteiger partial charge in [-0.15, -0.1) is 0 Å². The van der Waals surface area contributed by atoms with E-state index in [1.165, 1.54) is 0 Å². The lowest BCUT2D eigenvalue weighted by molar-refractivity contribution is -0.135. The van der Waals surface area contributed by atoms with Crippen molar-refractivity contribution in [2.24, 2.45) is 0 Å². The summed E-state index contributed by atoms with van der Waals surface area (Å²) in [7, 11) is 3.18. The Hall–Kier alpha value is -2.73. The van der Waals surface area contributed by atoms with Crippen LogP contribution in [-0.2, 0) is 22.6 Å². The van der Waals surface area contributed by atoms with Crippen LogP contribution in [-0.4, -0.2) is 43.5 Å². The smallest absolute Gasteiger partial charge is 0.242 e. The van der Waals surface area contributed by atoms with E-state index in [0.29, 0.717) is 48.9 Å². The molecule has 0 unspecified atom stereocenters. The lowest BCUT2D eigenvalue weighted by Gasteiger charge is -2.24. The molecule has 2 aromatic rings. The predicted molar refractivity (Wildman–Crippen MR) is 111 cm³/mol. The van der Waals surface area contributed by atoms with Crippen LogP contribution in [0.2, 0.25) is 5.02 Å². The topological polar surface area (TPSA) is 67.9 Å². The highest BCUT2D eigenvalue weighted by Crippen LogP contribution is 2.28. The molecule has 2 aromatic carbocycles. The number of likely N-dealkylation sites (tertiary alicyclic amines) is 1. The Morgan fingerprint density at radius 2 is 1.93 bits per heavy atom. The number of halogens is 1. The van der Waals surface area contributed by atoms with E-state index < -0.39 is 6.04 Å². The van der Waals surface area contributed by atoms with E-state index in [0.717, 1.165) is 11.1 Å². The van der Waals surface area contributed by atoms with Crippen molar-refractivity contribution < 1.29 is 19.1 Å². The molecule has 1 heterocycles. The number of ether oxygens (including phenoxy) is 2. The molecule has 0 saturated carbocycles. The molecular formula is C22H25ClN2O4. The zero-order chi connectivity index (χ0) is 20.8. The number of carbonyl (C=O) groups is 2. The van der Waals surface area contributed by atoms with Crippen LogP contribution in [0.4, 0.5) is 0 Å². The van der Waals surface area contributed by atoms with Gasteiger partial charge in [-0.2, -0.15) is 0 Å². The highest BCUT2D eigenvalue weighted by atomic mass is 35.5. The van der Waals surface area contributed by atoms with Crippen molar-refractivity contribution in [3.05, 3.63) is 58.6 Å². The predicted octanol–water partition coefficient (Wildman–Crippen LogP) is 3.21. The van der Waals surface area contributed by atoms with Crippen LogP contribution in [0.5, 0.6) is 11.5 Å². The summed E-state index contributed by atoms with van der Waals surface area (Å²) in [6.45, 7) is 0.811. The maximum absolute atomic E-state index is 12.7. The molecule has 1 atom stereocenters. The molecule has 1 saturated heterocycles. The van der Waals surface area contributed by atoms with Crippen molar-refractivity contribution in [3.63, 3.8) is 0 Å². The van der Waals surface area contributed by atoms with Gasteiger partial charge in [0.15, 0.2) is 11.5 Å². The Morgan fingerprint density at radius 1 is 1.17 bits per heavy atom. The number of methoxy groups -OCH3 is 2. The zero-order valence-corrected chi connectivity index (χ0v) is 17.4. The molecule has 6 nitrogen and oxygen atoms in total. The average Bonchev–Trinajstić information content (AvgIpc) is 3.09. The summed E-state index contributed by atoms with van der Waals surface area (Å²) in [5.74, 6) is 1.16. The molecule has 29 heavy (non-hydrogen) atoms. The minimum absolute atomic E-state index is 0.0232. The second-order valence-electron chi connectivity index (χ2n) is 6.90. The summed E-state index contributed by atoms with van der Waals surface area (Å²) in [5.41, 5.74) is 1.87. The van der Waals surface area contributed by atoms with E-state index in [1.54, 1.807) is 25.2 Å².